The first-order valence-electron chi connectivity index (χ1n) is 15.1. The van der Waals surface area contributed by atoms with Gasteiger partial charge >= 0.3 is 0 Å². The average Bonchev–Trinajstić information content (AvgIpc) is 3.02. The normalized spacial score (nSPS) is 13.0. The molecular formula is C36H45ClN2O5. The molecule has 0 saturated carbocycles. The highest BCUT2D eigenvalue weighted by Gasteiger charge is 2.30. The number of ether oxygens (including phenoxy) is 2. The molecule has 0 radical (unpaired) electrons. The monoisotopic (exact) mass is 620 g/mol. The van der Waals surface area contributed by atoms with Crippen molar-refractivity contribution in [2.75, 3.05) is 17.7 Å². The molecule has 0 aliphatic heterocycles. The number of hydrogen-bond acceptors (Lipinski definition) is 5. The van der Waals surface area contributed by atoms with Gasteiger partial charge in [0.1, 0.15) is 11.5 Å². The number of amides is 2. The number of anilines is 2. The topological polar surface area (TPSA) is 93.7 Å². The van der Waals surface area contributed by atoms with Gasteiger partial charge in [0.2, 0.25) is 5.91 Å². The summed E-state index contributed by atoms with van der Waals surface area (Å²) >= 11 is 6.28. The van der Waals surface area contributed by atoms with Crippen molar-refractivity contribution >= 4 is 40.6 Å². The average molecular weight is 621 g/mol. The molecule has 8 heteroatoms. The quantitative estimate of drug-likeness (QED) is 0.107. The number of halogens is 1. The second kappa shape index (κ2) is 14.8. The molecule has 2 N–H and O–H groups in total. The number of carbonyl (C=O) groups is 3. The summed E-state index contributed by atoms with van der Waals surface area (Å²) in [5.41, 5.74) is 2.90. The van der Waals surface area contributed by atoms with Crippen LogP contribution in [0.5, 0.6) is 11.5 Å². The van der Waals surface area contributed by atoms with Crippen LogP contribution in [0.4, 0.5) is 11.4 Å². The molecule has 7 nitrogen and oxygen atoms in total. The molecule has 0 saturated heterocycles. The molecule has 3 rings (SSSR count). The largest absolute Gasteiger partial charge is 0.495 e. The van der Waals surface area contributed by atoms with E-state index < -0.39 is 23.2 Å². The molecule has 236 valence electrons. The molecule has 0 aliphatic carbocycles. The van der Waals surface area contributed by atoms with Crippen LogP contribution in [0, 0.1) is 0 Å². The smallest absolute Gasteiger partial charge is 0.265 e. The number of ketones is 1. The molecule has 3 aromatic rings. The number of para-hydroxylation sites is 1. The molecule has 0 bridgehead atoms. The molecule has 0 aliphatic rings. The third kappa shape index (κ3) is 8.20. The van der Waals surface area contributed by atoms with Gasteiger partial charge in [0.25, 0.3) is 5.91 Å². The summed E-state index contributed by atoms with van der Waals surface area (Å²) in [5.74, 6) is -0.612. The van der Waals surface area contributed by atoms with Crippen molar-refractivity contribution in [1.29, 1.82) is 0 Å². The lowest BCUT2D eigenvalue weighted by Gasteiger charge is -2.31. The maximum Gasteiger partial charge on any atom is 0.265 e. The van der Waals surface area contributed by atoms with Crippen LogP contribution in [0.2, 0.25) is 0 Å². The van der Waals surface area contributed by atoms with E-state index in [2.05, 4.69) is 70.4 Å². The Morgan fingerprint density at radius 1 is 0.795 bits per heavy atom. The molecular weight excluding hydrogens is 576 g/mol. The minimum absolute atomic E-state index is 0.0599. The van der Waals surface area contributed by atoms with Gasteiger partial charge in [-0.3, -0.25) is 14.4 Å². The number of benzene rings is 3. The summed E-state index contributed by atoms with van der Waals surface area (Å²) in [5, 5.41) is 4.05. The van der Waals surface area contributed by atoms with Gasteiger partial charge in [-0.15, -0.1) is 11.6 Å². The number of methoxy groups -OCH3 is 1. The highest BCUT2D eigenvalue weighted by Crippen LogP contribution is 2.39. The van der Waals surface area contributed by atoms with Crippen LogP contribution in [0.15, 0.2) is 66.7 Å². The minimum atomic E-state index is -1.47. The molecule has 2 unspecified atom stereocenters. The van der Waals surface area contributed by atoms with E-state index in [9.17, 15) is 14.4 Å². The van der Waals surface area contributed by atoms with Crippen molar-refractivity contribution in [3.8, 4) is 11.5 Å². The van der Waals surface area contributed by atoms with E-state index in [1.54, 1.807) is 30.3 Å². The Hall–Kier alpha value is -3.84. The van der Waals surface area contributed by atoms with E-state index in [1.165, 1.54) is 19.2 Å². The number of carbonyl (C=O) groups excluding carboxylic acids is 3. The van der Waals surface area contributed by atoms with E-state index in [0.29, 0.717) is 23.6 Å². The van der Waals surface area contributed by atoms with Crippen LogP contribution in [0.25, 0.3) is 0 Å². The first-order chi connectivity index (χ1) is 20.8. The van der Waals surface area contributed by atoms with E-state index >= 15 is 0 Å². The first-order valence-corrected chi connectivity index (χ1v) is 15.6. The fourth-order valence-corrected chi connectivity index (χ4v) is 4.82. The number of alkyl halides is 1. The summed E-state index contributed by atoms with van der Waals surface area (Å²) < 4.78 is 11.9. The highest BCUT2D eigenvalue weighted by molar-refractivity contribution is 6.45. The van der Waals surface area contributed by atoms with Gasteiger partial charge in [-0.1, -0.05) is 78.8 Å². The summed E-state index contributed by atoms with van der Waals surface area (Å²) in [4.78, 5) is 39.5. The Morgan fingerprint density at radius 2 is 1.45 bits per heavy atom. The fourth-order valence-electron chi connectivity index (χ4n) is 4.63. The second-order valence-corrected chi connectivity index (χ2v) is 12.6. The Balaban J connectivity index is 1.87. The standard InChI is InChI=1S/C36H45ClN2O5/c1-9-28(44-30-22-24(35(4,5)10-2)18-19-26(30)36(6,7)11-3)33(41)39-27-21-23(17-20-29(27)43-8)32(40)31(37)34(42)38-25-15-13-12-14-16-25/h12-22,28,31H,9-11H2,1-8H3,(H,38,42)(H,39,41). The zero-order valence-electron chi connectivity index (χ0n) is 27.0. The number of rotatable bonds is 14. The van der Waals surface area contributed by atoms with Gasteiger partial charge in [-0.25, -0.2) is 0 Å². The first kappa shape index (κ1) is 34.6. The van der Waals surface area contributed by atoms with Gasteiger partial charge in [-0.05, 0) is 77.6 Å². The van der Waals surface area contributed by atoms with E-state index in [0.717, 1.165) is 24.0 Å². The Labute approximate surface area is 266 Å². The Morgan fingerprint density at radius 3 is 2.05 bits per heavy atom. The molecule has 44 heavy (non-hydrogen) atoms. The van der Waals surface area contributed by atoms with Gasteiger partial charge in [0.15, 0.2) is 17.3 Å². The van der Waals surface area contributed by atoms with Crippen LogP contribution >= 0.6 is 11.6 Å². The van der Waals surface area contributed by atoms with Gasteiger partial charge in [0.05, 0.1) is 12.8 Å². The van der Waals surface area contributed by atoms with Crippen LogP contribution in [0.1, 0.15) is 89.2 Å². The van der Waals surface area contributed by atoms with Crippen molar-refractivity contribution in [3.63, 3.8) is 0 Å². The summed E-state index contributed by atoms with van der Waals surface area (Å²) in [6, 6.07) is 19.6. The van der Waals surface area contributed by atoms with Crippen molar-refractivity contribution in [2.24, 2.45) is 0 Å². The third-order valence-electron chi connectivity index (χ3n) is 8.44. The van der Waals surface area contributed by atoms with Crippen LogP contribution in [-0.2, 0) is 20.4 Å². The van der Waals surface area contributed by atoms with Crippen molar-refractivity contribution in [1.82, 2.24) is 0 Å². The second-order valence-electron chi connectivity index (χ2n) is 12.2. The highest BCUT2D eigenvalue weighted by atomic mass is 35.5. The summed E-state index contributed by atoms with van der Waals surface area (Å²) in [7, 11) is 1.47. The van der Waals surface area contributed by atoms with Crippen LogP contribution in [0.3, 0.4) is 0 Å². The zero-order valence-corrected chi connectivity index (χ0v) is 27.8. The van der Waals surface area contributed by atoms with Crippen molar-refractivity contribution < 1.29 is 23.9 Å². The maximum atomic E-state index is 13.6. The lowest BCUT2D eigenvalue weighted by molar-refractivity contribution is -0.123. The number of nitrogens with one attached hydrogen (secondary N) is 2. The lowest BCUT2D eigenvalue weighted by Crippen LogP contribution is -2.34. The predicted octanol–water partition coefficient (Wildman–Crippen LogP) is 8.30. The Kier molecular flexibility index (Phi) is 11.6. The minimum Gasteiger partial charge on any atom is -0.495 e. The van der Waals surface area contributed by atoms with Crippen LogP contribution < -0.4 is 20.1 Å². The van der Waals surface area contributed by atoms with Gasteiger partial charge in [0, 0.05) is 11.3 Å². The number of Topliss-reactive ketones (excluding diaryl/α,β-unsaturated/α-hetero) is 1. The van der Waals surface area contributed by atoms with E-state index in [4.69, 9.17) is 21.1 Å². The summed E-state index contributed by atoms with van der Waals surface area (Å²) in [6.45, 7) is 14.9. The fraction of sp³-hybridized carbons (Fsp3) is 0.417. The van der Waals surface area contributed by atoms with Crippen molar-refractivity contribution in [2.45, 2.75) is 90.0 Å². The van der Waals surface area contributed by atoms with Crippen molar-refractivity contribution in [3.05, 3.63) is 83.4 Å². The molecule has 0 aromatic heterocycles. The van der Waals surface area contributed by atoms with E-state index in [1.807, 2.05) is 13.0 Å². The SMILES string of the molecule is CCC(Oc1cc(C(C)(C)CC)ccc1C(C)(C)CC)C(=O)Nc1cc(C(=O)C(Cl)C(=O)Nc2ccccc2)ccc1OC. The molecule has 0 fully saturated rings. The molecule has 0 spiro atoms. The van der Waals surface area contributed by atoms with E-state index in [-0.39, 0.29) is 28.0 Å². The predicted molar refractivity (Wildman–Crippen MR) is 178 cm³/mol. The van der Waals surface area contributed by atoms with Crippen LogP contribution in [-0.4, -0.2) is 36.2 Å². The molecule has 3 aromatic carbocycles. The maximum absolute atomic E-state index is 13.6. The Bertz CT molecular complexity index is 1470. The van der Waals surface area contributed by atoms with Gasteiger partial charge < -0.3 is 20.1 Å². The zero-order chi connectivity index (χ0) is 32.7. The number of hydrogen-bond donors (Lipinski definition) is 2. The lowest BCUT2D eigenvalue weighted by atomic mass is 9.77. The van der Waals surface area contributed by atoms with Gasteiger partial charge in [-0.2, -0.15) is 0 Å². The molecule has 2 atom stereocenters. The molecule has 2 amide bonds. The third-order valence-corrected chi connectivity index (χ3v) is 8.83. The molecule has 0 heterocycles. The summed E-state index contributed by atoms with van der Waals surface area (Å²) in [6.07, 6.45) is 1.44.